The summed E-state index contributed by atoms with van der Waals surface area (Å²) in [6.45, 7) is 1.91. The SMILES string of the molecule is O=C(O)c1ccc(/C=C/C(=O)N2CCOC3(CCCC3)C2)cc1. The van der Waals surface area contributed by atoms with E-state index in [0.29, 0.717) is 19.7 Å². The summed E-state index contributed by atoms with van der Waals surface area (Å²) in [5.74, 6) is -0.964. The third-order valence-corrected chi connectivity index (χ3v) is 4.65. The highest BCUT2D eigenvalue weighted by molar-refractivity contribution is 5.92. The van der Waals surface area contributed by atoms with Crippen molar-refractivity contribution in [2.75, 3.05) is 19.7 Å². The predicted octanol–water partition coefficient (Wildman–Crippen LogP) is 2.57. The van der Waals surface area contributed by atoms with Crippen molar-refractivity contribution in [1.82, 2.24) is 4.90 Å². The van der Waals surface area contributed by atoms with Gasteiger partial charge < -0.3 is 14.7 Å². The molecule has 2 fully saturated rings. The molecule has 5 heteroatoms. The molecular weight excluding hydrogens is 294 g/mol. The number of hydrogen-bond acceptors (Lipinski definition) is 3. The van der Waals surface area contributed by atoms with E-state index in [0.717, 1.165) is 18.4 Å². The zero-order chi connectivity index (χ0) is 16.3. The number of carbonyl (C=O) groups excluding carboxylic acids is 1. The van der Waals surface area contributed by atoms with Crippen LogP contribution in [0.25, 0.3) is 6.08 Å². The van der Waals surface area contributed by atoms with Crippen LogP contribution in [0.4, 0.5) is 0 Å². The van der Waals surface area contributed by atoms with Crippen LogP contribution in [0.1, 0.15) is 41.6 Å². The molecule has 122 valence electrons. The molecule has 1 saturated heterocycles. The van der Waals surface area contributed by atoms with Crippen LogP contribution in [0.3, 0.4) is 0 Å². The monoisotopic (exact) mass is 315 g/mol. The van der Waals surface area contributed by atoms with Crippen molar-refractivity contribution >= 4 is 18.0 Å². The van der Waals surface area contributed by atoms with Crippen molar-refractivity contribution in [2.45, 2.75) is 31.3 Å². The second-order valence-electron chi connectivity index (χ2n) is 6.26. The summed E-state index contributed by atoms with van der Waals surface area (Å²) < 4.78 is 5.93. The van der Waals surface area contributed by atoms with Gasteiger partial charge in [0, 0.05) is 12.6 Å². The average Bonchev–Trinajstić information content (AvgIpc) is 3.00. The fourth-order valence-corrected chi connectivity index (χ4v) is 3.36. The molecule has 1 heterocycles. The van der Waals surface area contributed by atoms with Crippen LogP contribution in [0.15, 0.2) is 30.3 Å². The fraction of sp³-hybridized carbons (Fsp3) is 0.444. The predicted molar refractivity (Wildman–Crippen MR) is 86.2 cm³/mol. The third kappa shape index (κ3) is 3.62. The van der Waals surface area contributed by atoms with E-state index in [1.54, 1.807) is 24.3 Å². The molecule has 1 spiro atoms. The molecule has 0 unspecified atom stereocenters. The molecular formula is C18H21NO4. The van der Waals surface area contributed by atoms with Crippen LogP contribution in [0, 0.1) is 0 Å². The number of nitrogens with zero attached hydrogens (tertiary/aromatic N) is 1. The first-order valence-corrected chi connectivity index (χ1v) is 8.02. The van der Waals surface area contributed by atoms with Crippen LogP contribution in [0.2, 0.25) is 0 Å². The number of carbonyl (C=O) groups is 2. The molecule has 0 radical (unpaired) electrons. The highest BCUT2D eigenvalue weighted by Crippen LogP contribution is 2.35. The van der Waals surface area contributed by atoms with E-state index >= 15 is 0 Å². The molecule has 23 heavy (non-hydrogen) atoms. The first kappa shape index (κ1) is 15.7. The maximum atomic E-state index is 12.4. The van der Waals surface area contributed by atoms with Gasteiger partial charge in [0.2, 0.25) is 5.91 Å². The number of carboxylic acids is 1. The van der Waals surface area contributed by atoms with Gasteiger partial charge in [0.1, 0.15) is 0 Å². The summed E-state index contributed by atoms with van der Waals surface area (Å²) in [5, 5.41) is 8.87. The van der Waals surface area contributed by atoms with Crippen LogP contribution < -0.4 is 0 Å². The molecule has 0 bridgehead atoms. The molecule has 0 atom stereocenters. The van der Waals surface area contributed by atoms with E-state index in [1.807, 2.05) is 4.90 Å². The van der Waals surface area contributed by atoms with Crippen molar-refractivity contribution in [3.05, 3.63) is 41.5 Å². The maximum Gasteiger partial charge on any atom is 0.335 e. The normalized spacial score (nSPS) is 20.3. The van der Waals surface area contributed by atoms with E-state index in [1.165, 1.54) is 25.0 Å². The van der Waals surface area contributed by atoms with Crippen molar-refractivity contribution < 1.29 is 19.4 Å². The van der Waals surface area contributed by atoms with E-state index in [-0.39, 0.29) is 17.1 Å². The zero-order valence-electron chi connectivity index (χ0n) is 13.0. The summed E-state index contributed by atoms with van der Waals surface area (Å²) in [6.07, 6.45) is 7.71. The van der Waals surface area contributed by atoms with Gasteiger partial charge in [-0.1, -0.05) is 25.0 Å². The quantitative estimate of drug-likeness (QED) is 0.871. The van der Waals surface area contributed by atoms with Gasteiger partial charge in [-0.2, -0.15) is 0 Å². The Balaban J connectivity index is 1.62. The van der Waals surface area contributed by atoms with Gasteiger partial charge in [0.15, 0.2) is 0 Å². The molecule has 1 aliphatic heterocycles. The second-order valence-corrected chi connectivity index (χ2v) is 6.26. The molecule has 3 rings (SSSR count). The first-order valence-electron chi connectivity index (χ1n) is 8.02. The maximum absolute atomic E-state index is 12.4. The van der Waals surface area contributed by atoms with Gasteiger partial charge in [-0.15, -0.1) is 0 Å². The molecule has 1 aromatic rings. The van der Waals surface area contributed by atoms with Crippen LogP contribution in [-0.2, 0) is 9.53 Å². The molecule has 1 N–H and O–H groups in total. The average molecular weight is 315 g/mol. The highest BCUT2D eigenvalue weighted by Gasteiger charge is 2.40. The Morgan fingerprint density at radius 1 is 1.17 bits per heavy atom. The topological polar surface area (TPSA) is 66.8 Å². The lowest BCUT2D eigenvalue weighted by Gasteiger charge is -2.40. The Kier molecular flexibility index (Phi) is 4.48. The van der Waals surface area contributed by atoms with Crippen molar-refractivity contribution in [3.8, 4) is 0 Å². The second kappa shape index (κ2) is 6.54. The number of aromatic carboxylic acids is 1. The smallest absolute Gasteiger partial charge is 0.335 e. The molecule has 2 aliphatic rings. The Bertz CT molecular complexity index is 614. The molecule has 0 aromatic heterocycles. The van der Waals surface area contributed by atoms with Gasteiger partial charge in [-0.05, 0) is 36.6 Å². The van der Waals surface area contributed by atoms with E-state index < -0.39 is 5.97 Å². The van der Waals surface area contributed by atoms with Gasteiger partial charge in [0.05, 0.1) is 24.3 Å². The minimum absolute atomic E-state index is 0.0121. The van der Waals surface area contributed by atoms with Crippen molar-refractivity contribution in [1.29, 1.82) is 0 Å². The molecule has 5 nitrogen and oxygen atoms in total. The highest BCUT2D eigenvalue weighted by atomic mass is 16.5. The minimum atomic E-state index is -0.952. The van der Waals surface area contributed by atoms with Crippen molar-refractivity contribution in [2.24, 2.45) is 0 Å². The summed E-state index contributed by atoms with van der Waals surface area (Å²) in [7, 11) is 0. The van der Waals surface area contributed by atoms with Gasteiger partial charge in [-0.25, -0.2) is 4.79 Å². The first-order chi connectivity index (χ1) is 11.1. The van der Waals surface area contributed by atoms with E-state index in [9.17, 15) is 9.59 Å². The lowest BCUT2D eigenvalue weighted by Crippen LogP contribution is -2.51. The zero-order valence-corrected chi connectivity index (χ0v) is 13.0. The third-order valence-electron chi connectivity index (χ3n) is 4.65. The molecule has 1 aliphatic carbocycles. The number of morpholine rings is 1. The Hall–Kier alpha value is -2.14. The molecule has 1 saturated carbocycles. The summed E-state index contributed by atoms with van der Waals surface area (Å²) in [4.78, 5) is 25.1. The summed E-state index contributed by atoms with van der Waals surface area (Å²) in [6, 6.07) is 6.47. The van der Waals surface area contributed by atoms with Crippen LogP contribution in [-0.4, -0.2) is 47.2 Å². The lowest BCUT2D eigenvalue weighted by molar-refractivity contribution is -0.144. The van der Waals surface area contributed by atoms with E-state index in [2.05, 4.69) is 0 Å². The standard InChI is InChI=1S/C18H21NO4/c20-16(8-5-14-3-6-15(7-4-14)17(21)22)19-11-12-23-18(13-19)9-1-2-10-18/h3-8H,1-2,9-13H2,(H,21,22)/b8-5+. The number of hydrogen-bond donors (Lipinski definition) is 1. The largest absolute Gasteiger partial charge is 0.478 e. The number of carboxylic acid groups (broad SMARTS) is 1. The summed E-state index contributed by atoms with van der Waals surface area (Å²) in [5.41, 5.74) is 0.933. The minimum Gasteiger partial charge on any atom is -0.478 e. The van der Waals surface area contributed by atoms with Crippen LogP contribution in [0.5, 0.6) is 0 Å². The van der Waals surface area contributed by atoms with Gasteiger partial charge in [-0.3, -0.25) is 4.79 Å². The fourth-order valence-electron chi connectivity index (χ4n) is 3.36. The van der Waals surface area contributed by atoms with Crippen molar-refractivity contribution in [3.63, 3.8) is 0 Å². The van der Waals surface area contributed by atoms with Gasteiger partial charge in [0.25, 0.3) is 0 Å². The lowest BCUT2D eigenvalue weighted by atomic mass is 9.99. The van der Waals surface area contributed by atoms with E-state index in [4.69, 9.17) is 9.84 Å². The number of ether oxygens (including phenoxy) is 1. The van der Waals surface area contributed by atoms with Crippen LogP contribution >= 0.6 is 0 Å². The Morgan fingerprint density at radius 3 is 2.52 bits per heavy atom. The summed E-state index contributed by atoms with van der Waals surface area (Å²) >= 11 is 0. The van der Waals surface area contributed by atoms with Gasteiger partial charge >= 0.3 is 5.97 Å². The number of benzene rings is 1. The number of amides is 1. The number of rotatable bonds is 3. The Labute approximate surface area is 135 Å². The Morgan fingerprint density at radius 2 is 1.87 bits per heavy atom. The molecule has 1 amide bonds. The molecule has 1 aromatic carbocycles.